The summed E-state index contributed by atoms with van der Waals surface area (Å²) in [4.78, 5) is 28.1. The molecule has 150 valence electrons. The molecule has 29 heavy (non-hydrogen) atoms. The van der Waals surface area contributed by atoms with Crippen molar-refractivity contribution in [3.05, 3.63) is 93.7 Å². The first-order chi connectivity index (χ1) is 13.8. The number of nitrogens with zero attached hydrogens (tertiary/aromatic N) is 2. The summed E-state index contributed by atoms with van der Waals surface area (Å²) in [6, 6.07) is 13.0. The Labute approximate surface area is 168 Å². The lowest BCUT2D eigenvalue weighted by atomic mass is 10.1. The zero-order valence-electron chi connectivity index (χ0n) is 16.0. The van der Waals surface area contributed by atoms with Crippen molar-refractivity contribution in [2.75, 3.05) is 13.4 Å². The Hall–Kier alpha value is -3.26. The number of sulfone groups is 1. The molecule has 0 N–H and O–H groups in total. The molecule has 7 nitrogen and oxygen atoms in total. The predicted octanol–water partition coefficient (Wildman–Crippen LogP) is 2.07. The second-order valence-electron chi connectivity index (χ2n) is 6.59. The van der Waals surface area contributed by atoms with E-state index in [1.54, 1.807) is 48.7 Å². The van der Waals surface area contributed by atoms with Crippen LogP contribution >= 0.6 is 0 Å². The molecule has 3 rings (SSSR count). The molecule has 0 unspecified atom stereocenters. The predicted molar refractivity (Wildman–Crippen MR) is 108 cm³/mol. The first kappa shape index (κ1) is 20.5. The van der Waals surface area contributed by atoms with E-state index in [1.807, 2.05) is 0 Å². The Morgan fingerprint density at radius 1 is 1.14 bits per heavy atom. The number of aromatic nitrogens is 2. The highest BCUT2D eigenvalue weighted by molar-refractivity contribution is 7.90. The minimum atomic E-state index is -3.52. The summed E-state index contributed by atoms with van der Waals surface area (Å²) in [7, 11) is -2.21. The number of rotatable bonds is 6. The van der Waals surface area contributed by atoms with Crippen molar-refractivity contribution >= 4 is 15.8 Å². The molecule has 0 aliphatic carbocycles. The number of ether oxygens (including phenoxy) is 1. The molecule has 8 heteroatoms. The second-order valence-corrected chi connectivity index (χ2v) is 8.57. The molecular weight excluding hydrogens is 392 g/mol. The average molecular weight is 412 g/mol. The van der Waals surface area contributed by atoms with Gasteiger partial charge in [0, 0.05) is 36.8 Å². The Bertz CT molecular complexity index is 1220. The van der Waals surface area contributed by atoms with Crippen molar-refractivity contribution in [2.24, 2.45) is 0 Å². The highest BCUT2D eigenvalue weighted by Crippen LogP contribution is 2.21. The van der Waals surface area contributed by atoms with Crippen molar-refractivity contribution in [2.45, 2.75) is 17.9 Å². The minimum absolute atomic E-state index is 0.151. The van der Waals surface area contributed by atoms with Gasteiger partial charge >= 0.3 is 5.97 Å². The zero-order chi connectivity index (χ0) is 21.0. The SMILES string of the molecule is COC(=O)c1ccnc(Cc2ccc(Cn3ccccc3=O)c(S(C)(=O)=O)c2)c1. The maximum absolute atomic E-state index is 12.4. The van der Waals surface area contributed by atoms with Crippen LogP contribution in [0.4, 0.5) is 0 Å². The third-order valence-corrected chi connectivity index (χ3v) is 5.57. The van der Waals surface area contributed by atoms with Crippen molar-refractivity contribution < 1.29 is 17.9 Å². The normalized spacial score (nSPS) is 11.2. The molecule has 3 aromatic rings. The van der Waals surface area contributed by atoms with Crippen molar-refractivity contribution in [3.8, 4) is 0 Å². The standard InChI is InChI=1S/C21H20N2O5S/c1-28-21(25)16-8-9-22-18(13-16)11-15-6-7-17(19(12-15)29(2,26)27)14-23-10-4-3-5-20(23)24/h3-10,12-13H,11,14H2,1-2H3. The summed E-state index contributed by atoms with van der Waals surface area (Å²) in [5.74, 6) is -0.464. The summed E-state index contributed by atoms with van der Waals surface area (Å²) in [6.07, 6.45) is 4.61. The van der Waals surface area contributed by atoms with Crippen LogP contribution < -0.4 is 5.56 Å². The number of hydrogen-bond acceptors (Lipinski definition) is 6. The van der Waals surface area contributed by atoms with Gasteiger partial charge in [0.15, 0.2) is 9.84 Å². The molecule has 0 amide bonds. The van der Waals surface area contributed by atoms with E-state index in [0.29, 0.717) is 23.2 Å². The van der Waals surface area contributed by atoms with Crippen LogP contribution in [0.3, 0.4) is 0 Å². The summed E-state index contributed by atoms with van der Waals surface area (Å²) < 4.78 is 30.9. The number of hydrogen-bond donors (Lipinski definition) is 0. The van der Waals surface area contributed by atoms with E-state index in [0.717, 1.165) is 11.8 Å². The summed E-state index contributed by atoms with van der Waals surface area (Å²) >= 11 is 0. The third-order valence-electron chi connectivity index (χ3n) is 4.39. The van der Waals surface area contributed by atoms with E-state index in [4.69, 9.17) is 4.74 Å². The fraction of sp³-hybridized carbons (Fsp3) is 0.190. The number of carbonyl (C=O) groups excluding carboxylic acids is 1. The van der Waals surface area contributed by atoms with E-state index in [1.165, 1.54) is 23.9 Å². The van der Waals surface area contributed by atoms with E-state index in [9.17, 15) is 18.0 Å². The van der Waals surface area contributed by atoms with Crippen LogP contribution in [-0.4, -0.2) is 37.3 Å². The van der Waals surface area contributed by atoms with Crippen LogP contribution in [-0.2, 0) is 27.5 Å². The van der Waals surface area contributed by atoms with Crippen LogP contribution in [0.25, 0.3) is 0 Å². The van der Waals surface area contributed by atoms with Crippen LogP contribution in [0.5, 0.6) is 0 Å². The number of pyridine rings is 2. The fourth-order valence-corrected chi connectivity index (χ4v) is 3.96. The number of esters is 1. The van der Waals surface area contributed by atoms with E-state index < -0.39 is 15.8 Å². The summed E-state index contributed by atoms with van der Waals surface area (Å²) in [6.45, 7) is 0.151. The molecule has 0 bridgehead atoms. The van der Waals surface area contributed by atoms with Gasteiger partial charge in [-0.2, -0.15) is 0 Å². The van der Waals surface area contributed by atoms with Crippen LogP contribution in [0.1, 0.15) is 27.2 Å². The lowest BCUT2D eigenvalue weighted by Crippen LogP contribution is -2.19. The molecule has 0 saturated carbocycles. The van der Waals surface area contributed by atoms with E-state index in [-0.39, 0.29) is 17.0 Å². The Kier molecular flexibility index (Phi) is 5.93. The van der Waals surface area contributed by atoms with Gasteiger partial charge in [-0.05, 0) is 35.4 Å². The lowest BCUT2D eigenvalue weighted by molar-refractivity contribution is 0.0600. The van der Waals surface area contributed by atoms with Gasteiger partial charge in [0.25, 0.3) is 5.56 Å². The lowest BCUT2D eigenvalue weighted by Gasteiger charge is -2.12. The van der Waals surface area contributed by atoms with E-state index >= 15 is 0 Å². The molecule has 0 spiro atoms. The molecule has 2 aromatic heterocycles. The van der Waals surface area contributed by atoms with Crippen molar-refractivity contribution in [1.82, 2.24) is 9.55 Å². The first-order valence-corrected chi connectivity index (χ1v) is 10.7. The quantitative estimate of drug-likeness (QED) is 0.575. The molecule has 0 saturated heterocycles. The first-order valence-electron chi connectivity index (χ1n) is 8.78. The van der Waals surface area contributed by atoms with Crippen molar-refractivity contribution in [3.63, 3.8) is 0 Å². The fourth-order valence-electron chi connectivity index (χ4n) is 2.99. The Morgan fingerprint density at radius 2 is 1.93 bits per heavy atom. The summed E-state index contributed by atoms with van der Waals surface area (Å²) in [5.41, 5.74) is 2.03. The van der Waals surface area contributed by atoms with Gasteiger partial charge < -0.3 is 9.30 Å². The molecule has 0 aliphatic heterocycles. The highest BCUT2D eigenvalue weighted by Gasteiger charge is 2.16. The Morgan fingerprint density at radius 3 is 2.62 bits per heavy atom. The molecule has 0 fully saturated rings. The van der Waals surface area contributed by atoms with Crippen LogP contribution in [0.2, 0.25) is 0 Å². The molecule has 0 radical (unpaired) electrons. The van der Waals surface area contributed by atoms with Gasteiger partial charge in [0.1, 0.15) is 0 Å². The maximum atomic E-state index is 12.4. The molecule has 0 aliphatic rings. The van der Waals surface area contributed by atoms with E-state index in [2.05, 4.69) is 4.98 Å². The smallest absolute Gasteiger partial charge is 0.337 e. The Balaban J connectivity index is 1.95. The molecule has 2 heterocycles. The molecule has 0 atom stereocenters. The largest absolute Gasteiger partial charge is 0.465 e. The average Bonchev–Trinajstić information content (AvgIpc) is 2.69. The zero-order valence-corrected chi connectivity index (χ0v) is 16.8. The molecular formula is C21H20N2O5S. The number of carbonyl (C=O) groups is 1. The van der Waals surface area contributed by atoms with Crippen LogP contribution in [0.15, 0.2) is 70.6 Å². The monoisotopic (exact) mass is 412 g/mol. The third kappa shape index (κ3) is 4.97. The second kappa shape index (κ2) is 8.40. The highest BCUT2D eigenvalue weighted by atomic mass is 32.2. The van der Waals surface area contributed by atoms with Gasteiger partial charge in [-0.3, -0.25) is 9.78 Å². The van der Waals surface area contributed by atoms with Crippen molar-refractivity contribution in [1.29, 1.82) is 0 Å². The number of methoxy groups -OCH3 is 1. The van der Waals surface area contributed by atoms with Gasteiger partial charge in [0.05, 0.1) is 24.1 Å². The molecule has 1 aromatic carbocycles. The van der Waals surface area contributed by atoms with Gasteiger partial charge in [0.2, 0.25) is 0 Å². The van der Waals surface area contributed by atoms with Gasteiger partial charge in [-0.1, -0.05) is 18.2 Å². The van der Waals surface area contributed by atoms with Gasteiger partial charge in [-0.25, -0.2) is 13.2 Å². The topological polar surface area (TPSA) is 95.3 Å². The van der Waals surface area contributed by atoms with Crippen LogP contribution in [0, 0.1) is 0 Å². The van der Waals surface area contributed by atoms with Gasteiger partial charge in [-0.15, -0.1) is 0 Å². The maximum Gasteiger partial charge on any atom is 0.337 e. The summed E-state index contributed by atoms with van der Waals surface area (Å²) in [5, 5.41) is 0. The number of benzene rings is 1. The minimum Gasteiger partial charge on any atom is -0.465 e.